The largest absolute Gasteiger partial charge is 0.399 e. The van der Waals surface area contributed by atoms with Crippen molar-refractivity contribution in [3.63, 3.8) is 0 Å². The minimum Gasteiger partial charge on any atom is -0.399 e. The van der Waals surface area contributed by atoms with Gasteiger partial charge in [0.15, 0.2) is 3.57 Å². The van der Waals surface area contributed by atoms with Gasteiger partial charge in [-0.05, 0) is 66.6 Å². The average Bonchev–Trinajstić information content (AvgIpc) is 3.14. The van der Waals surface area contributed by atoms with Gasteiger partial charge in [0.25, 0.3) is 3.70 Å². The van der Waals surface area contributed by atoms with Crippen molar-refractivity contribution in [1.82, 2.24) is 19.9 Å². The van der Waals surface area contributed by atoms with Crippen LogP contribution in [0.1, 0.15) is 12.1 Å². The highest BCUT2D eigenvalue weighted by atomic mass is 127. The van der Waals surface area contributed by atoms with Crippen molar-refractivity contribution in [3.05, 3.63) is 146 Å². The number of hydrogen-bond acceptors (Lipinski definition) is 7. The van der Waals surface area contributed by atoms with Crippen molar-refractivity contribution in [3.8, 4) is 22.5 Å². The molecule has 240 valence electrons. The van der Waals surface area contributed by atoms with E-state index < -0.39 is 21.2 Å². The molecule has 6 N–H and O–H groups in total. The lowest BCUT2D eigenvalue weighted by Crippen LogP contribution is -3.62. The molecule has 0 fully saturated rings. The Morgan fingerprint density at radius 2 is 1.08 bits per heavy atom. The summed E-state index contributed by atoms with van der Waals surface area (Å²) in [7, 11) is 0. The van der Waals surface area contributed by atoms with Crippen molar-refractivity contribution in [2.24, 2.45) is 5.73 Å². The van der Waals surface area contributed by atoms with Crippen LogP contribution in [0.15, 0.2) is 133 Å². The van der Waals surface area contributed by atoms with Crippen LogP contribution in [-0.4, -0.2) is 26.0 Å². The van der Waals surface area contributed by atoms with Gasteiger partial charge in [0.1, 0.15) is 5.52 Å². The van der Waals surface area contributed by atoms with E-state index in [4.69, 9.17) is 37.1 Å². The smallest absolute Gasteiger partial charge is 0.380 e. The van der Waals surface area contributed by atoms with E-state index in [0.29, 0.717) is 5.69 Å². The van der Waals surface area contributed by atoms with Crippen LogP contribution in [0.4, 0.5) is 11.4 Å². The van der Waals surface area contributed by atoms with E-state index in [1.54, 1.807) is 0 Å². The third-order valence-corrected chi connectivity index (χ3v) is 11.5. The maximum atomic E-state index is 6.55. The van der Waals surface area contributed by atoms with E-state index in [0.717, 1.165) is 93.2 Å². The van der Waals surface area contributed by atoms with Crippen LogP contribution < -0.4 is 38.4 Å². The number of pyridine rings is 4. The third kappa shape index (κ3) is 5.72. The maximum absolute atomic E-state index is 6.55. The lowest BCUT2D eigenvalue weighted by atomic mass is 9.97. The Kier molecular flexibility index (Phi) is 7.48. The predicted octanol–water partition coefficient (Wildman–Crippen LogP) is 5.18. The summed E-state index contributed by atoms with van der Waals surface area (Å²) in [5.41, 5.74) is 29.2. The highest BCUT2D eigenvalue weighted by Crippen LogP contribution is 2.33. The number of nitrogens with zero attached hydrogens (tertiary/aromatic N) is 4. The predicted molar refractivity (Wildman–Crippen MR) is 201 cm³/mol. The number of benzene rings is 4. The van der Waals surface area contributed by atoms with Crippen molar-refractivity contribution in [2.75, 3.05) is 11.5 Å². The molecule has 0 amide bonds. The summed E-state index contributed by atoms with van der Waals surface area (Å²) in [6.07, 6.45) is 6.88. The normalized spacial score (nSPS) is 14.5. The second-order valence-electron chi connectivity index (χ2n) is 12.6. The standard InChI is InChI=1S/C42H31IN7/c44-32-5-1-3-28(20-32)35-15-11-24-7-8-25-12-16-36(48-40(25)39(24)47-35)29-19-30(22-34(46)21-29)37-17-13-26-9-10-27-14-18-38(50-42(27)41(26)49-37)43-31-4-2-6-33(45)23-31/h1-19,21-23,32H,20,44-46H2/q+1. The van der Waals surface area contributed by atoms with Gasteiger partial charge in [-0.1, -0.05) is 66.8 Å². The molecule has 0 saturated heterocycles. The molecule has 50 heavy (non-hydrogen) atoms. The highest BCUT2D eigenvalue weighted by Gasteiger charge is 2.20. The zero-order chi connectivity index (χ0) is 33.8. The van der Waals surface area contributed by atoms with E-state index in [1.807, 2.05) is 54.6 Å². The van der Waals surface area contributed by atoms with Gasteiger partial charge in [-0.15, -0.1) is 0 Å². The quantitative estimate of drug-likeness (QED) is 0.0956. The molecule has 1 aliphatic rings. The Labute approximate surface area is 298 Å². The van der Waals surface area contributed by atoms with E-state index in [9.17, 15) is 0 Å². The van der Waals surface area contributed by atoms with E-state index in [2.05, 4.69) is 78.9 Å². The van der Waals surface area contributed by atoms with E-state index in [-0.39, 0.29) is 6.04 Å². The number of halogens is 1. The van der Waals surface area contributed by atoms with Gasteiger partial charge in [-0.2, -0.15) is 0 Å². The van der Waals surface area contributed by atoms with Gasteiger partial charge in [-0.25, -0.2) is 19.9 Å². The number of aromatic nitrogens is 4. The van der Waals surface area contributed by atoms with Gasteiger partial charge >= 0.3 is 21.2 Å². The molecule has 4 heterocycles. The molecular weight excluding hydrogens is 729 g/mol. The highest BCUT2D eigenvalue weighted by molar-refractivity contribution is 6.05. The van der Waals surface area contributed by atoms with Crippen molar-refractivity contribution in [2.45, 2.75) is 12.5 Å². The topological polar surface area (TPSA) is 130 Å². The number of rotatable bonds is 5. The SMILES string of the molecule is Nc1cccc([I+]c2ccc3ccc4ccc(-c5cc(N)cc(-c6ccc7ccc8ccc(C9=CC=CC(N)C9)nc8c7n6)c5)nc4c3n2)c1. The molecule has 0 aliphatic heterocycles. The van der Waals surface area contributed by atoms with Crippen LogP contribution in [0.5, 0.6) is 0 Å². The van der Waals surface area contributed by atoms with Crippen LogP contribution in [0.3, 0.4) is 0 Å². The summed E-state index contributed by atoms with van der Waals surface area (Å²) in [6, 6.07) is 39.3. The Bertz CT molecular complexity index is 2720. The first-order chi connectivity index (χ1) is 24.4. The molecule has 0 bridgehead atoms. The van der Waals surface area contributed by atoms with Crippen molar-refractivity contribution >= 4 is 60.6 Å². The molecule has 8 heteroatoms. The molecular formula is C42H31IN7+. The summed E-state index contributed by atoms with van der Waals surface area (Å²) in [5, 5.41) is 4.15. The van der Waals surface area contributed by atoms with Crippen molar-refractivity contribution < 1.29 is 21.2 Å². The fourth-order valence-electron chi connectivity index (χ4n) is 6.58. The molecule has 0 saturated carbocycles. The van der Waals surface area contributed by atoms with Gasteiger partial charge in [0.2, 0.25) is 0 Å². The second kappa shape index (κ2) is 12.3. The fourth-order valence-corrected chi connectivity index (χ4v) is 8.85. The molecule has 7 nitrogen and oxygen atoms in total. The van der Waals surface area contributed by atoms with E-state index in [1.165, 1.54) is 3.57 Å². The van der Waals surface area contributed by atoms with Gasteiger partial charge < -0.3 is 17.2 Å². The maximum Gasteiger partial charge on any atom is 0.380 e. The summed E-state index contributed by atoms with van der Waals surface area (Å²) >= 11 is -0.497. The van der Waals surface area contributed by atoms with Crippen LogP contribution in [0, 0.1) is 7.27 Å². The Morgan fingerprint density at radius 1 is 0.540 bits per heavy atom. The van der Waals surface area contributed by atoms with Crippen molar-refractivity contribution in [1.29, 1.82) is 0 Å². The second-order valence-corrected chi connectivity index (χ2v) is 15.5. The first kappa shape index (κ1) is 30.4. The molecule has 1 atom stereocenters. The van der Waals surface area contributed by atoms with E-state index >= 15 is 0 Å². The molecule has 1 aliphatic carbocycles. The molecule has 0 spiro atoms. The molecule has 4 aromatic heterocycles. The molecule has 4 aromatic carbocycles. The first-order valence-electron chi connectivity index (χ1n) is 16.4. The first-order valence-corrected chi connectivity index (χ1v) is 18.6. The number of hydrogen-bond donors (Lipinski definition) is 3. The van der Waals surface area contributed by atoms with Gasteiger partial charge in [0, 0.05) is 62.2 Å². The monoisotopic (exact) mass is 760 g/mol. The minimum absolute atomic E-state index is 0.00622. The third-order valence-electron chi connectivity index (χ3n) is 9.05. The van der Waals surface area contributed by atoms with Crippen LogP contribution >= 0.6 is 0 Å². The lowest BCUT2D eigenvalue weighted by molar-refractivity contribution is -0.603. The van der Waals surface area contributed by atoms with Gasteiger partial charge in [-0.3, -0.25) is 0 Å². The fraction of sp³-hybridized carbons (Fsp3) is 0.0476. The van der Waals surface area contributed by atoms with Crippen LogP contribution in [0.25, 0.3) is 71.7 Å². The zero-order valence-electron chi connectivity index (χ0n) is 26.9. The number of allylic oxidation sites excluding steroid dienone is 2. The number of nitrogens with two attached hydrogens (primary N) is 3. The Hall–Kier alpha value is -5.71. The van der Waals surface area contributed by atoms with Crippen LogP contribution in [-0.2, 0) is 0 Å². The number of fused-ring (bicyclic) bond motifs is 6. The average molecular weight is 761 g/mol. The lowest BCUT2D eigenvalue weighted by Gasteiger charge is -2.15. The molecule has 8 aromatic rings. The van der Waals surface area contributed by atoms with Crippen LogP contribution in [0.2, 0.25) is 0 Å². The molecule has 1 unspecified atom stereocenters. The summed E-state index contributed by atoms with van der Waals surface area (Å²) in [6.45, 7) is 0. The van der Waals surface area contributed by atoms with Gasteiger partial charge in [0.05, 0.1) is 33.6 Å². The Balaban J connectivity index is 1.12. The number of nitrogen functional groups attached to an aromatic ring is 2. The summed E-state index contributed by atoms with van der Waals surface area (Å²) in [5.74, 6) is 0. The molecule has 9 rings (SSSR count). The zero-order valence-corrected chi connectivity index (χ0v) is 29.0. The molecule has 0 radical (unpaired) electrons. The summed E-state index contributed by atoms with van der Waals surface area (Å²) in [4.78, 5) is 20.6. The summed E-state index contributed by atoms with van der Waals surface area (Å²) < 4.78 is 2.30. The Morgan fingerprint density at radius 3 is 1.68 bits per heavy atom. The minimum atomic E-state index is -0.497. The number of anilines is 2.